The average Bonchev–Trinajstić information content (AvgIpc) is 3.36. The standard InChI is InChI=1S/C23H23F3N6O/c24-23(25,26)18-13-32-19(9-4-10-20(32)29-18)27-14-5-3-6-15(12-11-14)28-22(33)21-16-7-1-2-8-17(16)30-31-21/h1-2,4,7-10,13-15,27H,3,5-6,11-12H2,(H,28,33)(H,30,31). The van der Waals surface area contributed by atoms with Crippen LogP contribution in [0.4, 0.5) is 19.0 Å². The molecule has 3 heterocycles. The first-order chi connectivity index (χ1) is 15.9. The minimum absolute atomic E-state index is 0.0145. The molecule has 2 atom stereocenters. The third-order valence-electron chi connectivity index (χ3n) is 6.12. The van der Waals surface area contributed by atoms with Crippen molar-refractivity contribution in [3.8, 4) is 0 Å². The molecule has 1 amide bonds. The minimum atomic E-state index is -4.49. The largest absolute Gasteiger partial charge is 0.434 e. The highest BCUT2D eigenvalue weighted by Crippen LogP contribution is 2.30. The molecule has 5 rings (SSSR count). The smallest absolute Gasteiger partial charge is 0.368 e. The fourth-order valence-corrected chi connectivity index (χ4v) is 4.45. The summed E-state index contributed by atoms with van der Waals surface area (Å²) < 4.78 is 40.6. The number of carbonyl (C=O) groups is 1. The van der Waals surface area contributed by atoms with Crippen LogP contribution in [-0.2, 0) is 6.18 Å². The van der Waals surface area contributed by atoms with Crippen molar-refractivity contribution < 1.29 is 18.0 Å². The van der Waals surface area contributed by atoms with Gasteiger partial charge in [0.2, 0.25) is 0 Å². The molecule has 1 aromatic carbocycles. The number of nitrogens with one attached hydrogen (secondary N) is 3. The van der Waals surface area contributed by atoms with Gasteiger partial charge in [-0.1, -0.05) is 24.3 Å². The number of halogens is 3. The molecule has 3 N–H and O–H groups in total. The van der Waals surface area contributed by atoms with Crippen molar-refractivity contribution in [2.75, 3.05) is 5.32 Å². The van der Waals surface area contributed by atoms with E-state index < -0.39 is 11.9 Å². The molecule has 1 saturated carbocycles. The van der Waals surface area contributed by atoms with Crippen LogP contribution in [-0.4, -0.2) is 37.6 Å². The Hall–Kier alpha value is -3.56. The van der Waals surface area contributed by atoms with Crippen molar-refractivity contribution in [1.82, 2.24) is 24.9 Å². The van der Waals surface area contributed by atoms with Crippen LogP contribution in [0.3, 0.4) is 0 Å². The fourth-order valence-electron chi connectivity index (χ4n) is 4.45. The van der Waals surface area contributed by atoms with Crippen LogP contribution in [0.15, 0.2) is 48.7 Å². The van der Waals surface area contributed by atoms with Gasteiger partial charge in [0.05, 0.1) is 5.52 Å². The zero-order valence-corrected chi connectivity index (χ0v) is 17.7. The normalized spacial score (nSPS) is 19.5. The minimum Gasteiger partial charge on any atom is -0.368 e. The molecule has 7 nitrogen and oxygen atoms in total. The summed E-state index contributed by atoms with van der Waals surface area (Å²) in [6, 6.07) is 12.6. The zero-order chi connectivity index (χ0) is 23.0. The van der Waals surface area contributed by atoms with Crippen molar-refractivity contribution in [3.63, 3.8) is 0 Å². The Morgan fingerprint density at radius 1 is 1.03 bits per heavy atom. The first-order valence-electron chi connectivity index (χ1n) is 10.9. The predicted octanol–water partition coefficient (Wildman–Crippen LogP) is 4.77. The van der Waals surface area contributed by atoms with Gasteiger partial charge in [0.25, 0.3) is 5.91 Å². The SMILES string of the molecule is O=C(NC1CCCC(Nc2cccc3nc(C(F)(F)F)cn23)CC1)c1n[nH]c2ccccc12. The lowest BCUT2D eigenvalue weighted by atomic mass is 10.1. The number of aromatic amines is 1. The number of aromatic nitrogens is 4. The van der Waals surface area contributed by atoms with Gasteiger partial charge in [-0.2, -0.15) is 18.3 Å². The van der Waals surface area contributed by atoms with E-state index in [0.717, 1.165) is 49.2 Å². The van der Waals surface area contributed by atoms with E-state index in [0.29, 0.717) is 11.5 Å². The molecular weight excluding hydrogens is 433 g/mol. The summed E-state index contributed by atoms with van der Waals surface area (Å²) in [5.41, 5.74) is 0.538. The van der Waals surface area contributed by atoms with E-state index in [1.165, 1.54) is 4.40 Å². The highest BCUT2D eigenvalue weighted by molar-refractivity contribution is 6.04. The number of fused-ring (bicyclic) bond motifs is 2. The Morgan fingerprint density at radius 3 is 2.67 bits per heavy atom. The lowest BCUT2D eigenvalue weighted by Crippen LogP contribution is -2.35. The molecular formula is C23H23F3N6O. The number of anilines is 1. The first kappa shape index (κ1) is 21.3. The Morgan fingerprint density at radius 2 is 1.82 bits per heavy atom. The van der Waals surface area contributed by atoms with E-state index >= 15 is 0 Å². The second-order valence-electron chi connectivity index (χ2n) is 8.40. The Labute approximate surface area is 187 Å². The monoisotopic (exact) mass is 456 g/mol. The number of pyridine rings is 1. The third-order valence-corrected chi connectivity index (χ3v) is 6.12. The van der Waals surface area contributed by atoms with E-state index in [-0.39, 0.29) is 23.6 Å². The molecule has 172 valence electrons. The molecule has 0 bridgehead atoms. The summed E-state index contributed by atoms with van der Waals surface area (Å²) in [6.07, 6.45) is 0.650. The number of alkyl halides is 3. The fraction of sp³-hybridized carbons (Fsp3) is 0.348. The summed E-state index contributed by atoms with van der Waals surface area (Å²) in [5, 5.41) is 14.3. The highest BCUT2D eigenvalue weighted by atomic mass is 19.4. The second-order valence-corrected chi connectivity index (χ2v) is 8.40. The predicted molar refractivity (Wildman–Crippen MR) is 118 cm³/mol. The molecule has 2 unspecified atom stereocenters. The molecule has 0 aliphatic heterocycles. The van der Waals surface area contributed by atoms with Gasteiger partial charge in [-0.25, -0.2) is 4.98 Å². The van der Waals surface area contributed by atoms with Gasteiger partial charge in [-0.05, 0) is 50.3 Å². The molecule has 0 spiro atoms. The van der Waals surface area contributed by atoms with Gasteiger partial charge in [0, 0.05) is 23.7 Å². The number of H-pyrrole nitrogens is 1. The van der Waals surface area contributed by atoms with E-state index in [2.05, 4.69) is 25.8 Å². The number of amides is 1. The van der Waals surface area contributed by atoms with Crippen LogP contribution in [0.1, 0.15) is 48.3 Å². The summed E-state index contributed by atoms with van der Waals surface area (Å²) in [6.45, 7) is 0. The summed E-state index contributed by atoms with van der Waals surface area (Å²) in [4.78, 5) is 16.5. The topological polar surface area (TPSA) is 87.1 Å². The molecule has 1 fully saturated rings. The molecule has 4 aromatic rings. The number of carbonyl (C=O) groups excluding carboxylic acids is 1. The van der Waals surface area contributed by atoms with E-state index in [9.17, 15) is 18.0 Å². The van der Waals surface area contributed by atoms with E-state index in [1.807, 2.05) is 24.3 Å². The molecule has 10 heteroatoms. The maximum absolute atomic E-state index is 13.1. The number of para-hydroxylation sites is 1. The van der Waals surface area contributed by atoms with Gasteiger partial charge in [0.15, 0.2) is 11.4 Å². The van der Waals surface area contributed by atoms with Gasteiger partial charge < -0.3 is 10.6 Å². The average molecular weight is 456 g/mol. The lowest BCUT2D eigenvalue weighted by molar-refractivity contribution is -0.140. The van der Waals surface area contributed by atoms with Crippen LogP contribution < -0.4 is 10.6 Å². The van der Waals surface area contributed by atoms with Crippen molar-refractivity contribution >= 4 is 28.3 Å². The number of imidazole rings is 1. The van der Waals surface area contributed by atoms with Gasteiger partial charge in [-0.3, -0.25) is 14.3 Å². The number of rotatable bonds is 4. The highest BCUT2D eigenvalue weighted by Gasteiger charge is 2.34. The number of nitrogens with zero attached hydrogens (tertiary/aromatic N) is 3. The maximum atomic E-state index is 13.1. The molecule has 1 aliphatic carbocycles. The van der Waals surface area contributed by atoms with E-state index in [1.54, 1.807) is 18.2 Å². The van der Waals surface area contributed by atoms with Gasteiger partial charge >= 0.3 is 6.18 Å². The quantitative estimate of drug-likeness (QED) is 0.386. The maximum Gasteiger partial charge on any atom is 0.434 e. The molecule has 3 aromatic heterocycles. The van der Waals surface area contributed by atoms with Gasteiger partial charge in [0.1, 0.15) is 11.5 Å². The number of benzene rings is 1. The summed E-state index contributed by atoms with van der Waals surface area (Å²) in [5.74, 6) is 0.373. The van der Waals surface area contributed by atoms with Crippen molar-refractivity contribution in [1.29, 1.82) is 0 Å². The lowest BCUT2D eigenvalue weighted by Gasteiger charge is -2.19. The van der Waals surface area contributed by atoms with Crippen LogP contribution in [0.25, 0.3) is 16.6 Å². The van der Waals surface area contributed by atoms with Crippen LogP contribution in [0.2, 0.25) is 0 Å². The zero-order valence-electron chi connectivity index (χ0n) is 17.7. The Bertz CT molecular complexity index is 1290. The van der Waals surface area contributed by atoms with Crippen molar-refractivity contribution in [2.24, 2.45) is 0 Å². The molecule has 1 aliphatic rings. The Kier molecular flexibility index (Phi) is 5.43. The number of hydrogen-bond acceptors (Lipinski definition) is 4. The van der Waals surface area contributed by atoms with E-state index in [4.69, 9.17) is 0 Å². The molecule has 33 heavy (non-hydrogen) atoms. The third kappa shape index (κ3) is 4.37. The Balaban J connectivity index is 1.25. The van der Waals surface area contributed by atoms with Gasteiger partial charge in [-0.15, -0.1) is 0 Å². The molecule has 0 saturated heterocycles. The summed E-state index contributed by atoms with van der Waals surface area (Å²) in [7, 11) is 0. The summed E-state index contributed by atoms with van der Waals surface area (Å²) >= 11 is 0. The van der Waals surface area contributed by atoms with Crippen LogP contribution in [0, 0.1) is 0 Å². The second kappa shape index (κ2) is 8.42. The van der Waals surface area contributed by atoms with Crippen molar-refractivity contribution in [2.45, 2.75) is 50.4 Å². The van der Waals surface area contributed by atoms with Crippen molar-refractivity contribution in [3.05, 3.63) is 60.0 Å². The number of hydrogen-bond donors (Lipinski definition) is 3. The first-order valence-corrected chi connectivity index (χ1v) is 10.9. The molecule has 0 radical (unpaired) electrons. The van der Waals surface area contributed by atoms with Crippen LogP contribution >= 0.6 is 0 Å². The van der Waals surface area contributed by atoms with Crippen LogP contribution in [0.5, 0.6) is 0 Å².